The number of hydrogen-bond donors (Lipinski definition) is 1. The highest BCUT2D eigenvalue weighted by Gasteiger charge is 2.58. The topological polar surface area (TPSA) is 140 Å². The van der Waals surface area contributed by atoms with Gasteiger partial charge in [-0.1, -0.05) is 12.1 Å². The number of nitrogens with zero attached hydrogens (tertiary/aromatic N) is 6. The van der Waals surface area contributed by atoms with Gasteiger partial charge in [-0.15, -0.1) is 0 Å². The average molecular weight is 559 g/mol. The molecule has 1 aromatic carbocycles. The minimum atomic E-state index is -1.22. The molecule has 1 N–H and O–H groups in total. The van der Waals surface area contributed by atoms with Gasteiger partial charge >= 0.3 is 11.9 Å². The third kappa shape index (κ3) is 4.71. The molecule has 11 nitrogen and oxygen atoms in total. The van der Waals surface area contributed by atoms with E-state index in [4.69, 9.17) is 24.1 Å². The van der Waals surface area contributed by atoms with E-state index in [1.165, 1.54) is 6.07 Å². The number of oxazole rings is 1. The predicted octanol–water partition coefficient (Wildman–Crippen LogP) is 3.66. The van der Waals surface area contributed by atoms with E-state index in [9.17, 15) is 14.3 Å². The fraction of sp³-hybridized carbons (Fsp3) is 0.414. The van der Waals surface area contributed by atoms with Gasteiger partial charge in [0.25, 0.3) is 5.71 Å². The maximum atomic E-state index is 14.3. The lowest BCUT2D eigenvalue weighted by Gasteiger charge is -2.32. The van der Waals surface area contributed by atoms with Gasteiger partial charge in [0.1, 0.15) is 18.2 Å². The fourth-order valence-electron chi connectivity index (χ4n) is 6.02. The van der Waals surface area contributed by atoms with Gasteiger partial charge in [-0.3, -0.25) is 4.90 Å². The van der Waals surface area contributed by atoms with Crippen LogP contribution in [0, 0.1) is 23.1 Å². The largest absolute Gasteiger partial charge is 0.474 e. The second-order valence-corrected chi connectivity index (χ2v) is 11.0. The molecule has 3 aromatic heterocycles. The summed E-state index contributed by atoms with van der Waals surface area (Å²) in [7, 11) is 0. The molecule has 1 aliphatic carbocycles. The maximum absolute atomic E-state index is 14.3. The number of fused-ring (bicyclic) bond motifs is 2. The van der Waals surface area contributed by atoms with Crippen LogP contribution < -0.4 is 4.74 Å². The number of likely N-dealkylation sites (tertiary alicyclic amines) is 1. The SMILES string of the molecule is N#Cc1ccc(COc2cccc([C@@]34CCN(Cc5nc6oc(C(=O)O)nc6n5CC5CCO5)C[C@@H]3C4)n2)c(F)c1. The van der Waals surface area contributed by atoms with Gasteiger partial charge in [-0.25, -0.2) is 14.2 Å². The molecule has 5 heterocycles. The summed E-state index contributed by atoms with van der Waals surface area (Å²) >= 11 is 0. The lowest BCUT2D eigenvalue weighted by Crippen LogP contribution is -2.37. The number of halogens is 1. The molecule has 1 saturated carbocycles. The molecule has 2 aliphatic heterocycles. The van der Waals surface area contributed by atoms with Crippen LogP contribution >= 0.6 is 0 Å². The first-order valence-corrected chi connectivity index (χ1v) is 13.6. The smallest absolute Gasteiger partial charge is 0.392 e. The molecule has 0 bridgehead atoms. The minimum absolute atomic E-state index is 0.00366. The molecule has 3 atom stereocenters. The van der Waals surface area contributed by atoms with Crippen LogP contribution in [-0.4, -0.2) is 61.3 Å². The van der Waals surface area contributed by atoms with Crippen molar-refractivity contribution < 1.29 is 28.2 Å². The van der Waals surface area contributed by atoms with Crippen molar-refractivity contribution in [2.45, 2.75) is 50.5 Å². The lowest BCUT2D eigenvalue weighted by atomic mass is 9.91. The Hall–Kier alpha value is -4.34. The van der Waals surface area contributed by atoms with Gasteiger partial charge in [0.2, 0.25) is 11.5 Å². The van der Waals surface area contributed by atoms with Gasteiger partial charge in [0.05, 0.1) is 36.5 Å². The van der Waals surface area contributed by atoms with Crippen molar-refractivity contribution in [3.63, 3.8) is 0 Å². The molecule has 1 unspecified atom stereocenters. The minimum Gasteiger partial charge on any atom is -0.474 e. The summed E-state index contributed by atoms with van der Waals surface area (Å²) in [5.41, 5.74) is 2.30. The molecular weight excluding hydrogens is 531 g/mol. The van der Waals surface area contributed by atoms with E-state index < -0.39 is 11.8 Å². The summed E-state index contributed by atoms with van der Waals surface area (Å²) in [5, 5.41) is 18.2. The summed E-state index contributed by atoms with van der Waals surface area (Å²) < 4.78 is 33.0. The van der Waals surface area contributed by atoms with Gasteiger partial charge < -0.3 is 23.6 Å². The number of carbonyl (C=O) groups is 1. The quantitative estimate of drug-likeness (QED) is 0.324. The van der Waals surface area contributed by atoms with Gasteiger partial charge in [-0.2, -0.15) is 15.2 Å². The Kier molecular flexibility index (Phi) is 6.21. The van der Waals surface area contributed by atoms with Crippen molar-refractivity contribution in [3.05, 3.63) is 70.8 Å². The first-order valence-electron chi connectivity index (χ1n) is 13.6. The molecule has 0 amide bonds. The van der Waals surface area contributed by atoms with Crippen molar-refractivity contribution in [2.75, 3.05) is 19.7 Å². The van der Waals surface area contributed by atoms with Crippen LogP contribution in [0.4, 0.5) is 4.39 Å². The molecule has 0 spiro atoms. The van der Waals surface area contributed by atoms with Crippen molar-refractivity contribution >= 4 is 17.3 Å². The number of carboxylic acids is 1. The highest BCUT2D eigenvalue weighted by atomic mass is 19.1. The number of hydrogen-bond acceptors (Lipinski definition) is 9. The normalized spacial score (nSPS) is 23.5. The lowest BCUT2D eigenvalue weighted by molar-refractivity contribution is -0.0593. The predicted molar refractivity (Wildman–Crippen MR) is 140 cm³/mol. The van der Waals surface area contributed by atoms with Crippen LogP contribution in [0.25, 0.3) is 11.4 Å². The first kappa shape index (κ1) is 25.6. The number of ether oxygens (including phenoxy) is 2. The maximum Gasteiger partial charge on any atom is 0.392 e. The number of carboxylic acid groups (broad SMARTS) is 1. The summed E-state index contributed by atoms with van der Waals surface area (Å²) in [6.45, 7) is 3.64. The van der Waals surface area contributed by atoms with Crippen LogP contribution in [-0.2, 0) is 29.8 Å². The molecule has 0 radical (unpaired) electrons. The van der Waals surface area contributed by atoms with Crippen molar-refractivity contribution in [1.29, 1.82) is 5.26 Å². The molecule has 3 fully saturated rings. The fourth-order valence-corrected chi connectivity index (χ4v) is 6.02. The summed E-state index contributed by atoms with van der Waals surface area (Å²) in [6.07, 6.45) is 2.96. The Morgan fingerprint density at radius 2 is 2.15 bits per heavy atom. The highest BCUT2D eigenvalue weighted by Crippen LogP contribution is 2.58. The van der Waals surface area contributed by atoms with E-state index in [0.717, 1.165) is 50.5 Å². The highest BCUT2D eigenvalue weighted by molar-refractivity contribution is 5.85. The van der Waals surface area contributed by atoms with E-state index >= 15 is 0 Å². The van der Waals surface area contributed by atoms with Gasteiger partial charge in [0.15, 0.2) is 0 Å². The number of nitriles is 1. The van der Waals surface area contributed by atoms with Crippen LogP contribution in [0.3, 0.4) is 0 Å². The number of benzene rings is 1. The third-order valence-electron chi connectivity index (χ3n) is 8.49. The first-order chi connectivity index (χ1) is 19.9. The van der Waals surface area contributed by atoms with Crippen LogP contribution in [0.1, 0.15) is 52.6 Å². The van der Waals surface area contributed by atoms with Crippen molar-refractivity contribution in [1.82, 2.24) is 24.4 Å². The molecule has 4 aromatic rings. The number of aromatic nitrogens is 4. The summed E-state index contributed by atoms with van der Waals surface area (Å²) in [5.74, 6) is -0.381. The van der Waals surface area contributed by atoms with Gasteiger partial charge in [0, 0.05) is 30.2 Å². The van der Waals surface area contributed by atoms with E-state index in [-0.39, 0.29) is 35.3 Å². The second kappa shape index (κ2) is 9.94. The van der Waals surface area contributed by atoms with Crippen LogP contribution in [0.15, 0.2) is 40.8 Å². The Labute approximate surface area is 234 Å². The molecule has 12 heteroatoms. The van der Waals surface area contributed by atoms with E-state index in [1.54, 1.807) is 18.2 Å². The molecule has 7 rings (SSSR count). The number of piperidine rings is 1. The molecule has 2 saturated heterocycles. The van der Waals surface area contributed by atoms with E-state index in [0.29, 0.717) is 36.1 Å². The van der Waals surface area contributed by atoms with Crippen molar-refractivity contribution in [3.8, 4) is 11.9 Å². The monoisotopic (exact) mass is 558 g/mol. The Balaban J connectivity index is 1.03. The average Bonchev–Trinajstić information content (AvgIpc) is 3.40. The second-order valence-electron chi connectivity index (χ2n) is 11.0. The van der Waals surface area contributed by atoms with E-state index in [2.05, 4.69) is 14.9 Å². The molecule has 210 valence electrons. The number of pyridine rings is 1. The molecule has 41 heavy (non-hydrogen) atoms. The zero-order chi connectivity index (χ0) is 28.1. The number of aromatic carboxylic acids is 1. The Morgan fingerprint density at radius 3 is 2.88 bits per heavy atom. The van der Waals surface area contributed by atoms with Gasteiger partial charge in [-0.05, 0) is 49.9 Å². The third-order valence-corrected chi connectivity index (χ3v) is 8.49. The zero-order valence-electron chi connectivity index (χ0n) is 22.1. The Bertz CT molecular complexity index is 1690. The number of rotatable bonds is 9. The number of imidazole rings is 1. The molecular formula is C29H27FN6O5. The summed E-state index contributed by atoms with van der Waals surface area (Å²) in [6, 6.07) is 12.0. The van der Waals surface area contributed by atoms with Crippen molar-refractivity contribution in [2.24, 2.45) is 5.92 Å². The van der Waals surface area contributed by atoms with Crippen LogP contribution in [0.5, 0.6) is 5.88 Å². The van der Waals surface area contributed by atoms with Crippen LogP contribution in [0.2, 0.25) is 0 Å². The molecule has 3 aliphatic rings. The summed E-state index contributed by atoms with van der Waals surface area (Å²) in [4.78, 5) is 27.3. The van der Waals surface area contributed by atoms with E-state index in [1.807, 2.05) is 22.8 Å². The Morgan fingerprint density at radius 1 is 1.27 bits per heavy atom. The zero-order valence-corrected chi connectivity index (χ0v) is 22.1. The standard InChI is InChI=1S/C29H27FN6O5/c30-21-10-17(12-31)4-5-18(21)16-40-24-3-1-2-22(32-24)29-7-8-35(13-19(29)11-29)15-23-33-26-25(34-27(41-26)28(37)38)36(23)14-20-6-9-39-20/h1-5,10,19-20H,6-9,11,13-16H2,(H,37,38)/t19-,20?,29+/m0/s1.